The highest BCUT2D eigenvalue weighted by Gasteiger charge is 2.26. The van der Waals surface area contributed by atoms with E-state index in [0.29, 0.717) is 22.9 Å². The quantitative estimate of drug-likeness (QED) is 0.834. The molecule has 1 aromatic heterocycles. The minimum atomic E-state index is -0.275. The van der Waals surface area contributed by atoms with Crippen LogP contribution in [0.4, 0.5) is 4.39 Å². The molecule has 5 heteroatoms. The van der Waals surface area contributed by atoms with Gasteiger partial charge in [0.25, 0.3) is 5.56 Å². The van der Waals surface area contributed by atoms with Gasteiger partial charge in [0.2, 0.25) is 0 Å². The second-order valence-corrected chi connectivity index (χ2v) is 6.11. The highest BCUT2D eigenvalue weighted by molar-refractivity contribution is 9.10. The van der Waals surface area contributed by atoms with Gasteiger partial charge in [-0.2, -0.15) is 0 Å². The fourth-order valence-electron chi connectivity index (χ4n) is 2.25. The van der Waals surface area contributed by atoms with Crippen LogP contribution in [0.25, 0.3) is 0 Å². The molecular formula is C16H15BrFNO2. The molecule has 1 saturated carbocycles. The average molecular weight is 352 g/mol. The van der Waals surface area contributed by atoms with E-state index in [0.717, 1.165) is 24.0 Å². The van der Waals surface area contributed by atoms with Crippen LogP contribution in [0.5, 0.6) is 5.75 Å². The Bertz CT molecular complexity index is 720. The third-order valence-corrected chi connectivity index (χ3v) is 4.25. The van der Waals surface area contributed by atoms with E-state index in [1.54, 1.807) is 16.7 Å². The van der Waals surface area contributed by atoms with Crippen molar-refractivity contribution in [3.63, 3.8) is 0 Å². The first-order valence-corrected chi connectivity index (χ1v) is 7.64. The summed E-state index contributed by atoms with van der Waals surface area (Å²) in [5.74, 6) is 0.282. The zero-order valence-electron chi connectivity index (χ0n) is 11.6. The normalized spacial score (nSPS) is 14.2. The van der Waals surface area contributed by atoms with E-state index in [9.17, 15) is 9.18 Å². The largest absolute Gasteiger partial charge is 0.487 e. The predicted octanol–water partition coefficient (Wildman–Crippen LogP) is 3.97. The van der Waals surface area contributed by atoms with Crippen molar-refractivity contribution >= 4 is 15.9 Å². The van der Waals surface area contributed by atoms with Crippen LogP contribution >= 0.6 is 15.9 Å². The van der Waals surface area contributed by atoms with E-state index in [-0.39, 0.29) is 11.4 Å². The maximum atomic E-state index is 12.9. The number of ether oxygens (including phenoxy) is 1. The maximum Gasteiger partial charge on any atom is 0.268 e. The van der Waals surface area contributed by atoms with Crippen molar-refractivity contribution in [1.82, 2.24) is 4.57 Å². The van der Waals surface area contributed by atoms with Crippen LogP contribution < -0.4 is 10.3 Å². The van der Waals surface area contributed by atoms with Gasteiger partial charge in [-0.3, -0.25) is 4.79 Å². The first-order chi connectivity index (χ1) is 10.1. The van der Waals surface area contributed by atoms with Gasteiger partial charge < -0.3 is 9.30 Å². The molecule has 0 amide bonds. The van der Waals surface area contributed by atoms with Crippen LogP contribution in [0.2, 0.25) is 0 Å². The first-order valence-electron chi connectivity index (χ1n) is 6.84. The summed E-state index contributed by atoms with van der Waals surface area (Å²) < 4.78 is 20.8. The van der Waals surface area contributed by atoms with Crippen molar-refractivity contribution in [3.05, 3.63) is 62.2 Å². The first kappa shape index (κ1) is 14.3. The summed E-state index contributed by atoms with van der Waals surface area (Å²) in [6.45, 7) is 2.22. The third kappa shape index (κ3) is 3.02. The van der Waals surface area contributed by atoms with Gasteiger partial charge in [0, 0.05) is 17.8 Å². The summed E-state index contributed by atoms with van der Waals surface area (Å²) in [5.41, 5.74) is 1.71. The molecule has 1 fully saturated rings. The highest BCUT2D eigenvalue weighted by Crippen LogP contribution is 2.36. The molecule has 0 spiro atoms. The molecule has 0 unspecified atom stereocenters. The zero-order chi connectivity index (χ0) is 15.0. The Morgan fingerprint density at radius 2 is 2.00 bits per heavy atom. The smallest absolute Gasteiger partial charge is 0.268 e. The van der Waals surface area contributed by atoms with Crippen LogP contribution in [0.1, 0.15) is 30.0 Å². The Labute approximate surface area is 130 Å². The highest BCUT2D eigenvalue weighted by atomic mass is 79.9. The second-order valence-electron chi connectivity index (χ2n) is 5.31. The summed E-state index contributed by atoms with van der Waals surface area (Å²) in [4.78, 5) is 12.3. The molecule has 0 atom stereocenters. The van der Waals surface area contributed by atoms with Crippen molar-refractivity contribution in [3.8, 4) is 5.75 Å². The summed E-state index contributed by atoms with van der Waals surface area (Å²) in [7, 11) is 0. The Hall–Kier alpha value is -1.62. The number of rotatable bonds is 4. The molecule has 0 N–H and O–H groups in total. The van der Waals surface area contributed by atoms with Crippen LogP contribution in [-0.4, -0.2) is 4.57 Å². The van der Waals surface area contributed by atoms with Crippen molar-refractivity contribution in [2.24, 2.45) is 0 Å². The molecule has 3 rings (SSSR count). The predicted molar refractivity (Wildman–Crippen MR) is 82.1 cm³/mol. The Morgan fingerprint density at radius 1 is 1.33 bits per heavy atom. The molecule has 21 heavy (non-hydrogen) atoms. The summed E-state index contributed by atoms with van der Waals surface area (Å²) in [5, 5.41) is 0. The Morgan fingerprint density at radius 3 is 2.62 bits per heavy atom. The third-order valence-electron chi connectivity index (χ3n) is 3.55. The summed E-state index contributed by atoms with van der Waals surface area (Å²) >= 11 is 3.34. The molecule has 0 radical (unpaired) electrons. The van der Waals surface area contributed by atoms with Gasteiger partial charge in [0.1, 0.15) is 22.6 Å². The monoisotopic (exact) mass is 351 g/mol. The van der Waals surface area contributed by atoms with Crippen molar-refractivity contribution < 1.29 is 9.13 Å². The number of aryl methyl sites for hydroxylation is 1. The number of halogens is 2. The van der Waals surface area contributed by atoms with Crippen LogP contribution in [-0.2, 0) is 6.61 Å². The van der Waals surface area contributed by atoms with Gasteiger partial charge >= 0.3 is 0 Å². The lowest BCUT2D eigenvalue weighted by Crippen LogP contribution is -2.21. The van der Waals surface area contributed by atoms with Crippen molar-refractivity contribution in [1.29, 1.82) is 0 Å². The number of pyridine rings is 1. The molecule has 1 heterocycles. The van der Waals surface area contributed by atoms with Crippen molar-refractivity contribution in [2.75, 3.05) is 0 Å². The second kappa shape index (κ2) is 5.64. The molecule has 0 saturated heterocycles. The lowest BCUT2D eigenvalue weighted by molar-refractivity contribution is 0.300. The molecule has 0 aliphatic heterocycles. The lowest BCUT2D eigenvalue weighted by atomic mass is 10.2. The fraction of sp³-hybridized carbons (Fsp3) is 0.312. The minimum Gasteiger partial charge on any atom is -0.487 e. The maximum absolute atomic E-state index is 12.9. The standard InChI is InChI=1S/C16H15BrFNO2/c1-10-8-19(13-6-7-13)16(20)14(17)15(10)21-9-11-2-4-12(18)5-3-11/h2-5,8,13H,6-7,9H2,1H3. The number of nitrogens with zero attached hydrogens (tertiary/aromatic N) is 1. The molecule has 2 aromatic rings. The number of hydrogen-bond donors (Lipinski definition) is 0. The van der Waals surface area contributed by atoms with Crippen LogP contribution in [0.15, 0.2) is 39.7 Å². The number of aromatic nitrogens is 1. The molecule has 1 aliphatic rings. The van der Waals surface area contributed by atoms with E-state index in [4.69, 9.17) is 4.74 Å². The number of benzene rings is 1. The minimum absolute atomic E-state index is 0.0581. The van der Waals surface area contributed by atoms with Gasteiger partial charge in [0.05, 0.1) is 0 Å². The molecular weight excluding hydrogens is 337 g/mol. The van der Waals surface area contributed by atoms with E-state index < -0.39 is 0 Å². The number of hydrogen-bond acceptors (Lipinski definition) is 2. The molecule has 0 bridgehead atoms. The average Bonchev–Trinajstić information content (AvgIpc) is 3.29. The molecule has 1 aromatic carbocycles. The molecule has 110 valence electrons. The Kier molecular flexibility index (Phi) is 3.85. The summed E-state index contributed by atoms with van der Waals surface area (Å²) in [6.07, 6.45) is 3.97. The zero-order valence-corrected chi connectivity index (χ0v) is 13.2. The fourth-order valence-corrected chi connectivity index (χ4v) is 2.88. The molecule has 3 nitrogen and oxygen atoms in total. The van der Waals surface area contributed by atoms with Crippen LogP contribution in [0.3, 0.4) is 0 Å². The van der Waals surface area contributed by atoms with E-state index in [2.05, 4.69) is 15.9 Å². The van der Waals surface area contributed by atoms with Gasteiger partial charge in [0.15, 0.2) is 0 Å². The molecule has 1 aliphatic carbocycles. The van der Waals surface area contributed by atoms with Crippen molar-refractivity contribution in [2.45, 2.75) is 32.4 Å². The van der Waals surface area contributed by atoms with Gasteiger partial charge in [-0.25, -0.2) is 4.39 Å². The van der Waals surface area contributed by atoms with Gasteiger partial charge in [-0.1, -0.05) is 12.1 Å². The lowest BCUT2D eigenvalue weighted by Gasteiger charge is -2.14. The SMILES string of the molecule is Cc1cn(C2CC2)c(=O)c(Br)c1OCc1ccc(F)cc1. The van der Waals surface area contributed by atoms with E-state index >= 15 is 0 Å². The summed E-state index contributed by atoms with van der Waals surface area (Å²) in [6, 6.07) is 6.46. The van der Waals surface area contributed by atoms with Gasteiger partial charge in [-0.15, -0.1) is 0 Å². The van der Waals surface area contributed by atoms with Gasteiger partial charge in [-0.05, 0) is 53.4 Å². The van der Waals surface area contributed by atoms with E-state index in [1.165, 1.54) is 12.1 Å². The Balaban J connectivity index is 1.83. The van der Waals surface area contributed by atoms with E-state index in [1.807, 2.05) is 13.1 Å². The van der Waals surface area contributed by atoms with Crippen LogP contribution in [0, 0.1) is 12.7 Å². The topological polar surface area (TPSA) is 31.2 Å².